The van der Waals surface area contributed by atoms with Gasteiger partial charge in [0.25, 0.3) is 0 Å². The molecule has 0 aliphatic rings. The van der Waals surface area contributed by atoms with Gasteiger partial charge in [0.05, 0.1) is 6.61 Å². The van der Waals surface area contributed by atoms with E-state index in [1.165, 1.54) is 5.56 Å². The minimum Gasteiger partial charge on any atom is -0.394 e. The fourth-order valence-electron chi connectivity index (χ4n) is 1.85. The van der Waals surface area contributed by atoms with E-state index in [0.717, 1.165) is 6.42 Å². The minimum absolute atomic E-state index is 0.000515. The quantitative estimate of drug-likeness (QED) is 0.812. The molecule has 0 aromatic heterocycles. The highest BCUT2D eigenvalue weighted by atomic mass is 16.3. The summed E-state index contributed by atoms with van der Waals surface area (Å²) in [5, 5.41) is 11.6. The molecule has 0 heterocycles. The molecule has 1 aromatic rings. The zero-order chi connectivity index (χ0) is 13.6. The Morgan fingerprint density at radius 3 is 2.50 bits per heavy atom. The van der Waals surface area contributed by atoms with Crippen LogP contribution in [0.4, 0.5) is 0 Å². The van der Waals surface area contributed by atoms with Crippen molar-refractivity contribution in [3.63, 3.8) is 0 Å². The van der Waals surface area contributed by atoms with Gasteiger partial charge in [-0.25, -0.2) is 0 Å². The number of carbonyl (C=O) groups is 1. The largest absolute Gasteiger partial charge is 0.394 e. The van der Waals surface area contributed by atoms with Crippen LogP contribution in [0.15, 0.2) is 30.3 Å². The van der Waals surface area contributed by atoms with E-state index < -0.39 is 0 Å². The van der Waals surface area contributed by atoms with Crippen LogP contribution in [0.5, 0.6) is 0 Å². The maximum absolute atomic E-state index is 11.7. The van der Waals surface area contributed by atoms with Crippen LogP contribution in [-0.2, 0) is 10.2 Å². The summed E-state index contributed by atoms with van der Waals surface area (Å²) in [7, 11) is 0. The van der Waals surface area contributed by atoms with E-state index in [2.05, 4.69) is 31.3 Å². The first-order valence-electron chi connectivity index (χ1n) is 6.41. The Morgan fingerprint density at radius 2 is 1.94 bits per heavy atom. The predicted octanol–water partition coefficient (Wildman–Crippen LogP) is 2.24. The van der Waals surface area contributed by atoms with Gasteiger partial charge in [-0.2, -0.15) is 0 Å². The summed E-state index contributed by atoms with van der Waals surface area (Å²) in [6, 6.07) is 10.0. The summed E-state index contributed by atoms with van der Waals surface area (Å²) in [5.74, 6) is 0.000515. The number of amides is 1. The third-order valence-corrected chi connectivity index (χ3v) is 3.21. The number of nitrogens with one attached hydrogen (secondary N) is 1. The monoisotopic (exact) mass is 249 g/mol. The highest BCUT2D eigenvalue weighted by Crippen LogP contribution is 2.27. The van der Waals surface area contributed by atoms with Crippen LogP contribution in [0.3, 0.4) is 0 Å². The van der Waals surface area contributed by atoms with Gasteiger partial charge in [-0.05, 0) is 24.3 Å². The number of aliphatic hydroxyl groups excluding tert-OH is 1. The maximum Gasteiger partial charge on any atom is 0.220 e. The molecule has 1 rings (SSSR count). The van der Waals surface area contributed by atoms with Crippen molar-refractivity contribution in [3.05, 3.63) is 35.9 Å². The SMILES string of the molecule is CC(CO)NC(=O)CCC(C)(C)c1ccccc1. The Morgan fingerprint density at radius 1 is 1.33 bits per heavy atom. The molecule has 0 radical (unpaired) electrons. The summed E-state index contributed by atoms with van der Waals surface area (Å²) in [5.41, 5.74) is 1.23. The van der Waals surface area contributed by atoms with E-state index in [1.807, 2.05) is 18.2 Å². The smallest absolute Gasteiger partial charge is 0.220 e. The molecule has 1 atom stereocenters. The van der Waals surface area contributed by atoms with Gasteiger partial charge in [-0.15, -0.1) is 0 Å². The molecule has 2 N–H and O–H groups in total. The average Bonchev–Trinajstić information content (AvgIpc) is 2.37. The van der Waals surface area contributed by atoms with E-state index in [-0.39, 0.29) is 24.0 Å². The van der Waals surface area contributed by atoms with Crippen LogP contribution in [0.1, 0.15) is 39.2 Å². The lowest BCUT2D eigenvalue weighted by atomic mass is 9.80. The first kappa shape index (κ1) is 14.7. The Hall–Kier alpha value is -1.35. The minimum atomic E-state index is -0.169. The van der Waals surface area contributed by atoms with Crippen LogP contribution >= 0.6 is 0 Å². The van der Waals surface area contributed by atoms with Gasteiger partial charge in [0.2, 0.25) is 5.91 Å². The first-order chi connectivity index (χ1) is 8.45. The Balaban J connectivity index is 2.50. The molecule has 3 heteroatoms. The standard InChI is InChI=1S/C15H23NO2/c1-12(11-17)16-14(18)9-10-15(2,3)13-7-5-4-6-8-13/h4-8,12,17H,9-11H2,1-3H3,(H,16,18). The molecule has 0 aliphatic carbocycles. The van der Waals surface area contributed by atoms with Crippen molar-refractivity contribution in [2.45, 2.75) is 45.1 Å². The molecule has 1 aromatic carbocycles. The van der Waals surface area contributed by atoms with E-state index in [9.17, 15) is 4.79 Å². The number of rotatable bonds is 6. The van der Waals surface area contributed by atoms with Crippen molar-refractivity contribution in [2.75, 3.05) is 6.61 Å². The molecule has 1 amide bonds. The molecule has 0 saturated heterocycles. The Bertz CT molecular complexity index is 373. The highest BCUT2D eigenvalue weighted by molar-refractivity contribution is 5.76. The van der Waals surface area contributed by atoms with Gasteiger partial charge in [-0.1, -0.05) is 44.2 Å². The molecule has 0 spiro atoms. The van der Waals surface area contributed by atoms with Gasteiger partial charge >= 0.3 is 0 Å². The summed E-state index contributed by atoms with van der Waals surface area (Å²) >= 11 is 0. The van der Waals surface area contributed by atoms with Gasteiger partial charge in [0, 0.05) is 12.5 Å². The average molecular weight is 249 g/mol. The molecule has 0 aliphatic heterocycles. The Kier molecular flexibility index (Phi) is 5.35. The van der Waals surface area contributed by atoms with Crippen molar-refractivity contribution >= 4 is 5.91 Å². The Labute approximate surface area is 109 Å². The molecule has 100 valence electrons. The van der Waals surface area contributed by atoms with Crippen molar-refractivity contribution in [1.29, 1.82) is 0 Å². The van der Waals surface area contributed by atoms with E-state index in [4.69, 9.17) is 5.11 Å². The third kappa shape index (κ3) is 4.49. The molecular weight excluding hydrogens is 226 g/mol. The molecule has 3 nitrogen and oxygen atoms in total. The van der Waals surface area contributed by atoms with Crippen molar-refractivity contribution in [1.82, 2.24) is 5.32 Å². The topological polar surface area (TPSA) is 49.3 Å². The number of hydrogen-bond acceptors (Lipinski definition) is 2. The van der Waals surface area contributed by atoms with Crippen LogP contribution in [-0.4, -0.2) is 23.7 Å². The van der Waals surface area contributed by atoms with Gasteiger partial charge in [0.1, 0.15) is 0 Å². The fraction of sp³-hybridized carbons (Fsp3) is 0.533. The molecular formula is C15H23NO2. The van der Waals surface area contributed by atoms with Crippen LogP contribution in [0.2, 0.25) is 0 Å². The van der Waals surface area contributed by atoms with Gasteiger partial charge in [0.15, 0.2) is 0 Å². The molecule has 18 heavy (non-hydrogen) atoms. The van der Waals surface area contributed by atoms with Crippen LogP contribution < -0.4 is 5.32 Å². The van der Waals surface area contributed by atoms with Gasteiger partial charge in [-0.3, -0.25) is 4.79 Å². The zero-order valence-corrected chi connectivity index (χ0v) is 11.4. The second-order valence-electron chi connectivity index (χ2n) is 5.40. The van der Waals surface area contributed by atoms with Crippen LogP contribution in [0.25, 0.3) is 0 Å². The second kappa shape index (κ2) is 6.55. The molecule has 0 saturated carbocycles. The summed E-state index contributed by atoms with van der Waals surface area (Å²) in [4.78, 5) is 11.7. The summed E-state index contributed by atoms with van der Waals surface area (Å²) < 4.78 is 0. The summed E-state index contributed by atoms with van der Waals surface area (Å²) in [6.07, 6.45) is 1.27. The lowest BCUT2D eigenvalue weighted by molar-refractivity contribution is -0.122. The van der Waals surface area contributed by atoms with Crippen molar-refractivity contribution in [3.8, 4) is 0 Å². The molecule has 0 fully saturated rings. The van der Waals surface area contributed by atoms with E-state index in [0.29, 0.717) is 6.42 Å². The highest BCUT2D eigenvalue weighted by Gasteiger charge is 2.21. The number of hydrogen-bond donors (Lipinski definition) is 2. The lowest BCUT2D eigenvalue weighted by Crippen LogP contribution is -2.35. The van der Waals surface area contributed by atoms with Crippen molar-refractivity contribution in [2.24, 2.45) is 0 Å². The molecule has 0 bridgehead atoms. The summed E-state index contributed by atoms with van der Waals surface area (Å²) in [6.45, 7) is 6.06. The zero-order valence-electron chi connectivity index (χ0n) is 11.4. The number of aliphatic hydroxyl groups is 1. The molecule has 1 unspecified atom stereocenters. The number of carbonyl (C=O) groups excluding carboxylic acids is 1. The maximum atomic E-state index is 11.7. The lowest BCUT2D eigenvalue weighted by Gasteiger charge is -2.25. The second-order valence-corrected chi connectivity index (χ2v) is 5.40. The van der Waals surface area contributed by atoms with Crippen LogP contribution in [0, 0.1) is 0 Å². The predicted molar refractivity (Wildman–Crippen MR) is 73.4 cm³/mol. The first-order valence-corrected chi connectivity index (χ1v) is 6.41. The van der Waals surface area contributed by atoms with E-state index >= 15 is 0 Å². The van der Waals surface area contributed by atoms with E-state index in [1.54, 1.807) is 6.92 Å². The fourth-order valence-corrected chi connectivity index (χ4v) is 1.85. The normalized spacial score (nSPS) is 13.1. The number of benzene rings is 1. The van der Waals surface area contributed by atoms with Crippen molar-refractivity contribution < 1.29 is 9.90 Å². The van der Waals surface area contributed by atoms with Gasteiger partial charge < -0.3 is 10.4 Å². The third-order valence-electron chi connectivity index (χ3n) is 3.21.